The summed E-state index contributed by atoms with van der Waals surface area (Å²) in [5.41, 5.74) is 1.58. The van der Waals surface area contributed by atoms with E-state index in [0.29, 0.717) is 12.2 Å². The molecule has 0 bridgehead atoms. The van der Waals surface area contributed by atoms with Crippen molar-refractivity contribution in [3.8, 4) is 0 Å². The molecule has 1 amide bonds. The van der Waals surface area contributed by atoms with Gasteiger partial charge < -0.3 is 15.5 Å². The highest BCUT2D eigenvalue weighted by atomic mass is 32.1. The number of amides is 1. The molecule has 4 aromatic rings. The SMILES string of the molecule is CN(CC(=O)NCc1ccc(Nc2cc(C(F)(F)F)ccn2)cc1)c1nc2ccccc2s1. The number of anilines is 3. The second kappa shape index (κ2) is 9.45. The zero-order valence-electron chi connectivity index (χ0n) is 17.6. The predicted octanol–water partition coefficient (Wildman–Crippen LogP) is 5.21. The van der Waals surface area contributed by atoms with Gasteiger partial charge in [0.05, 0.1) is 22.3 Å². The van der Waals surface area contributed by atoms with Gasteiger partial charge in [-0.2, -0.15) is 13.2 Å². The number of para-hydroxylation sites is 1. The van der Waals surface area contributed by atoms with Crippen molar-refractivity contribution in [3.63, 3.8) is 0 Å². The number of benzene rings is 2. The minimum absolute atomic E-state index is 0.101. The Morgan fingerprint density at radius 1 is 1.09 bits per heavy atom. The van der Waals surface area contributed by atoms with Crippen LogP contribution in [0.15, 0.2) is 66.9 Å². The lowest BCUT2D eigenvalue weighted by Gasteiger charge is -2.15. The molecule has 10 heteroatoms. The molecule has 2 aromatic carbocycles. The smallest absolute Gasteiger partial charge is 0.350 e. The number of likely N-dealkylation sites (N-methyl/N-ethyl adjacent to an activating group) is 1. The standard InChI is InChI=1S/C23H20F3N5OS/c1-31(22-30-18-4-2-3-5-19(18)33-22)14-21(32)28-13-15-6-8-17(9-7-15)29-20-12-16(10-11-27-20)23(24,25)26/h2-12H,13-14H2,1H3,(H,27,29)(H,28,32). The summed E-state index contributed by atoms with van der Waals surface area (Å²) in [7, 11) is 1.82. The zero-order chi connectivity index (χ0) is 23.4. The highest BCUT2D eigenvalue weighted by Crippen LogP contribution is 2.30. The second-order valence-corrected chi connectivity index (χ2v) is 8.36. The monoisotopic (exact) mass is 471 g/mol. The fraction of sp³-hybridized carbons (Fsp3) is 0.174. The van der Waals surface area contributed by atoms with E-state index in [1.807, 2.05) is 31.3 Å². The van der Waals surface area contributed by atoms with E-state index in [-0.39, 0.29) is 18.3 Å². The van der Waals surface area contributed by atoms with Crippen molar-refractivity contribution in [2.45, 2.75) is 12.7 Å². The Morgan fingerprint density at radius 3 is 2.58 bits per heavy atom. The van der Waals surface area contributed by atoms with Gasteiger partial charge in [0.25, 0.3) is 0 Å². The van der Waals surface area contributed by atoms with E-state index in [4.69, 9.17) is 0 Å². The van der Waals surface area contributed by atoms with Crippen LogP contribution in [0.4, 0.5) is 29.8 Å². The van der Waals surface area contributed by atoms with Gasteiger partial charge in [-0.15, -0.1) is 0 Å². The molecule has 0 saturated heterocycles. The summed E-state index contributed by atoms with van der Waals surface area (Å²) in [6.45, 7) is 0.495. The molecule has 0 fully saturated rings. The first-order valence-electron chi connectivity index (χ1n) is 10.0. The Kier molecular flexibility index (Phi) is 6.45. The predicted molar refractivity (Wildman–Crippen MR) is 124 cm³/mol. The molecule has 0 aliphatic heterocycles. The van der Waals surface area contributed by atoms with Crippen molar-refractivity contribution in [3.05, 3.63) is 78.0 Å². The van der Waals surface area contributed by atoms with E-state index in [1.165, 1.54) is 11.3 Å². The van der Waals surface area contributed by atoms with E-state index in [9.17, 15) is 18.0 Å². The minimum atomic E-state index is -4.43. The Balaban J connectivity index is 1.29. The second-order valence-electron chi connectivity index (χ2n) is 7.35. The van der Waals surface area contributed by atoms with Crippen LogP contribution >= 0.6 is 11.3 Å². The largest absolute Gasteiger partial charge is 0.416 e. The Bertz CT molecular complexity index is 1220. The third-order valence-electron chi connectivity index (χ3n) is 4.79. The zero-order valence-corrected chi connectivity index (χ0v) is 18.4. The molecule has 33 heavy (non-hydrogen) atoms. The number of carbonyl (C=O) groups is 1. The first kappa shape index (κ1) is 22.5. The van der Waals surface area contributed by atoms with E-state index in [1.54, 1.807) is 29.2 Å². The third kappa shape index (κ3) is 5.78. The lowest BCUT2D eigenvalue weighted by Crippen LogP contribution is -2.34. The highest BCUT2D eigenvalue weighted by molar-refractivity contribution is 7.22. The summed E-state index contributed by atoms with van der Waals surface area (Å²) in [4.78, 5) is 22.6. The van der Waals surface area contributed by atoms with Gasteiger partial charge in [0, 0.05) is 25.5 Å². The maximum atomic E-state index is 12.8. The van der Waals surface area contributed by atoms with Crippen LogP contribution in [0.5, 0.6) is 0 Å². The van der Waals surface area contributed by atoms with E-state index in [0.717, 1.165) is 39.2 Å². The number of rotatable bonds is 7. The molecular weight excluding hydrogens is 451 g/mol. The molecule has 0 spiro atoms. The molecule has 0 atom stereocenters. The quantitative estimate of drug-likeness (QED) is 0.387. The molecule has 0 aliphatic carbocycles. The van der Waals surface area contributed by atoms with Gasteiger partial charge in [0.1, 0.15) is 5.82 Å². The molecule has 2 heterocycles. The number of thiazole rings is 1. The number of nitrogens with one attached hydrogen (secondary N) is 2. The van der Waals surface area contributed by atoms with Gasteiger partial charge in [0.2, 0.25) is 5.91 Å². The number of pyridine rings is 1. The van der Waals surface area contributed by atoms with Gasteiger partial charge in [-0.25, -0.2) is 9.97 Å². The molecule has 2 N–H and O–H groups in total. The fourth-order valence-electron chi connectivity index (χ4n) is 3.09. The van der Waals surface area contributed by atoms with Gasteiger partial charge in [0.15, 0.2) is 5.13 Å². The highest BCUT2D eigenvalue weighted by Gasteiger charge is 2.30. The number of fused-ring (bicyclic) bond motifs is 1. The number of halogens is 3. The van der Waals surface area contributed by atoms with Crippen LogP contribution in [0.1, 0.15) is 11.1 Å². The van der Waals surface area contributed by atoms with Crippen molar-refractivity contribution >= 4 is 44.1 Å². The molecule has 0 radical (unpaired) electrons. The fourth-order valence-corrected chi connectivity index (χ4v) is 4.02. The molecule has 0 aliphatic rings. The molecule has 6 nitrogen and oxygen atoms in total. The van der Waals surface area contributed by atoms with E-state index in [2.05, 4.69) is 20.6 Å². The average Bonchev–Trinajstić information content (AvgIpc) is 3.23. The average molecular weight is 472 g/mol. The minimum Gasteiger partial charge on any atom is -0.350 e. The number of nitrogens with zero attached hydrogens (tertiary/aromatic N) is 3. The third-order valence-corrected chi connectivity index (χ3v) is 5.94. The Labute approximate surface area is 192 Å². The van der Waals surface area contributed by atoms with Crippen LogP contribution in [0.25, 0.3) is 10.2 Å². The molecular formula is C23H20F3N5OS. The summed E-state index contributed by atoms with van der Waals surface area (Å²) in [5, 5.41) is 6.49. The summed E-state index contributed by atoms with van der Waals surface area (Å²) in [6.07, 6.45) is -3.32. The molecule has 0 saturated carbocycles. The van der Waals surface area contributed by atoms with Crippen molar-refractivity contribution < 1.29 is 18.0 Å². The van der Waals surface area contributed by atoms with Crippen molar-refractivity contribution in [2.75, 3.05) is 23.8 Å². The van der Waals surface area contributed by atoms with Crippen LogP contribution in [0, 0.1) is 0 Å². The lowest BCUT2D eigenvalue weighted by atomic mass is 10.2. The number of aromatic nitrogens is 2. The Hall–Kier alpha value is -3.66. The number of carbonyl (C=O) groups excluding carboxylic acids is 1. The Morgan fingerprint density at radius 2 is 1.85 bits per heavy atom. The summed E-state index contributed by atoms with van der Waals surface area (Å²) < 4.78 is 39.6. The van der Waals surface area contributed by atoms with Crippen molar-refractivity contribution in [2.24, 2.45) is 0 Å². The van der Waals surface area contributed by atoms with Crippen LogP contribution in [0.3, 0.4) is 0 Å². The van der Waals surface area contributed by atoms with Crippen LogP contribution < -0.4 is 15.5 Å². The number of hydrogen-bond donors (Lipinski definition) is 2. The lowest BCUT2D eigenvalue weighted by molar-refractivity contribution is -0.137. The van der Waals surface area contributed by atoms with Crippen LogP contribution in [0.2, 0.25) is 0 Å². The van der Waals surface area contributed by atoms with Crippen LogP contribution in [-0.4, -0.2) is 29.5 Å². The van der Waals surface area contributed by atoms with Gasteiger partial charge in [-0.1, -0.05) is 35.6 Å². The normalized spacial score (nSPS) is 11.4. The van der Waals surface area contributed by atoms with Crippen LogP contribution in [-0.2, 0) is 17.5 Å². The molecule has 170 valence electrons. The topological polar surface area (TPSA) is 70.2 Å². The molecule has 2 aromatic heterocycles. The van der Waals surface area contributed by atoms with Gasteiger partial charge in [-0.3, -0.25) is 4.79 Å². The first-order valence-corrected chi connectivity index (χ1v) is 10.8. The van der Waals surface area contributed by atoms with Crippen molar-refractivity contribution in [1.29, 1.82) is 0 Å². The van der Waals surface area contributed by atoms with Gasteiger partial charge in [-0.05, 0) is 42.0 Å². The van der Waals surface area contributed by atoms with Gasteiger partial charge >= 0.3 is 6.18 Å². The van der Waals surface area contributed by atoms with E-state index >= 15 is 0 Å². The van der Waals surface area contributed by atoms with E-state index < -0.39 is 11.7 Å². The first-order chi connectivity index (χ1) is 15.8. The molecule has 0 unspecified atom stereocenters. The maximum Gasteiger partial charge on any atom is 0.416 e. The molecule has 4 rings (SSSR count). The maximum absolute atomic E-state index is 12.8. The summed E-state index contributed by atoms with van der Waals surface area (Å²) >= 11 is 1.53. The summed E-state index contributed by atoms with van der Waals surface area (Å²) in [6, 6.07) is 16.7. The number of alkyl halides is 3. The van der Waals surface area contributed by atoms with Crippen molar-refractivity contribution in [1.82, 2.24) is 15.3 Å². The summed E-state index contributed by atoms with van der Waals surface area (Å²) in [5.74, 6) is -0.0455. The number of hydrogen-bond acceptors (Lipinski definition) is 6.